The predicted octanol–water partition coefficient (Wildman–Crippen LogP) is 3.32. The molecule has 1 unspecified atom stereocenters. The molecule has 0 saturated carbocycles. The maximum absolute atomic E-state index is 10.8. The van der Waals surface area contributed by atoms with Crippen molar-refractivity contribution in [1.29, 1.82) is 0 Å². The average molecular weight is 416 g/mol. The molecule has 1 aliphatic heterocycles. The van der Waals surface area contributed by atoms with Gasteiger partial charge in [0.15, 0.2) is 0 Å². The van der Waals surface area contributed by atoms with Gasteiger partial charge in [0.25, 0.3) is 0 Å². The van der Waals surface area contributed by atoms with E-state index in [1.165, 1.54) is 0 Å². The van der Waals surface area contributed by atoms with Crippen LogP contribution < -0.4 is 10.6 Å². The standard InChI is InChI=1S/C19H18ClN5O2S/c1-24-10-22-14-16(24)15-19(25(8-7-21)17(14)20)28-18(23-15)12-4-2-3-11(9-12)5-6-13(26)27/h2-6,9-10,17H,7-8,21H2,1H3,(H,26,27). The number of hydrogen-bond donors (Lipinski definition) is 2. The van der Waals surface area contributed by atoms with Gasteiger partial charge >= 0.3 is 5.97 Å². The number of aliphatic carboxylic acids is 1. The lowest BCUT2D eigenvalue weighted by Crippen LogP contribution is -2.33. The van der Waals surface area contributed by atoms with E-state index >= 15 is 0 Å². The fourth-order valence-electron chi connectivity index (χ4n) is 3.24. The Morgan fingerprint density at radius 1 is 1.46 bits per heavy atom. The van der Waals surface area contributed by atoms with Crippen molar-refractivity contribution in [2.45, 2.75) is 5.50 Å². The van der Waals surface area contributed by atoms with Crippen LogP contribution >= 0.6 is 22.9 Å². The van der Waals surface area contributed by atoms with Crippen molar-refractivity contribution in [3.8, 4) is 22.0 Å². The third kappa shape index (κ3) is 3.19. The van der Waals surface area contributed by atoms with Gasteiger partial charge in [-0.15, -0.1) is 0 Å². The topological polar surface area (TPSA) is 97.3 Å². The molecular weight excluding hydrogens is 398 g/mol. The average Bonchev–Trinajstić information content (AvgIpc) is 3.28. The second kappa shape index (κ2) is 7.38. The number of anilines is 1. The summed E-state index contributed by atoms with van der Waals surface area (Å²) in [6.45, 7) is 1.06. The van der Waals surface area contributed by atoms with Crippen LogP contribution in [0.5, 0.6) is 0 Å². The van der Waals surface area contributed by atoms with Crippen molar-refractivity contribution in [1.82, 2.24) is 14.5 Å². The number of aryl methyl sites for hydroxylation is 1. The molecule has 2 aromatic heterocycles. The van der Waals surface area contributed by atoms with Crippen LogP contribution in [0, 0.1) is 0 Å². The van der Waals surface area contributed by atoms with E-state index in [0.29, 0.717) is 13.1 Å². The lowest BCUT2D eigenvalue weighted by molar-refractivity contribution is -0.131. The van der Waals surface area contributed by atoms with Crippen LogP contribution in [0.25, 0.3) is 28.0 Å². The summed E-state index contributed by atoms with van der Waals surface area (Å²) in [5.74, 6) is -0.982. The van der Waals surface area contributed by atoms with Gasteiger partial charge in [-0.05, 0) is 17.7 Å². The number of nitrogens with zero attached hydrogens (tertiary/aromatic N) is 4. The number of hydrogen-bond acceptors (Lipinski definition) is 6. The molecule has 1 atom stereocenters. The monoisotopic (exact) mass is 415 g/mol. The van der Waals surface area contributed by atoms with Gasteiger partial charge in [-0.2, -0.15) is 0 Å². The Balaban J connectivity index is 1.81. The Morgan fingerprint density at radius 2 is 2.29 bits per heavy atom. The highest BCUT2D eigenvalue weighted by atomic mass is 35.5. The molecule has 0 saturated heterocycles. The fourth-order valence-corrected chi connectivity index (χ4v) is 4.77. The van der Waals surface area contributed by atoms with Crippen molar-refractivity contribution in [3.05, 3.63) is 47.9 Å². The van der Waals surface area contributed by atoms with Gasteiger partial charge in [0.2, 0.25) is 0 Å². The maximum atomic E-state index is 10.8. The minimum atomic E-state index is -0.982. The van der Waals surface area contributed by atoms with Crippen LogP contribution in [0.2, 0.25) is 0 Å². The summed E-state index contributed by atoms with van der Waals surface area (Å²) in [4.78, 5) is 22.1. The number of fused-ring (bicyclic) bond motifs is 3. The fraction of sp³-hybridized carbons (Fsp3) is 0.211. The van der Waals surface area contributed by atoms with E-state index in [-0.39, 0.29) is 0 Å². The van der Waals surface area contributed by atoms with Gasteiger partial charge in [-0.1, -0.05) is 41.1 Å². The number of carbonyl (C=O) groups is 1. The zero-order valence-electron chi connectivity index (χ0n) is 15.0. The van der Waals surface area contributed by atoms with Crippen LogP contribution in [-0.4, -0.2) is 38.7 Å². The van der Waals surface area contributed by atoms with Crippen LogP contribution in [0.1, 0.15) is 16.8 Å². The van der Waals surface area contributed by atoms with Gasteiger partial charge in [-0.25, -0.2) is 14.8 Å². The minimum Gasteiger partial charge on any atom is -0.478 e. The van der Waals surface area contributed by atoms with Gasteiger partial charge in [0, 0.05) is 31.8 Å². The van der Waals surface area contributed by atoms with E-state index in [1.54, 1.807) is 23.7 Å². The first-order chi connectivity index (χ1) is 13.5. The number of alkyl halides is 1. The Kier molecular flexibility index (Phi) is 4.92. The number of nitrogens with two attached hydrogens (primary N) is 1. The highest BCUT2D eigenvalue weighted by Gasteiger charge is 2.35. The molecule has 0 fully saturated rings. The quantitative estimate of drug-likeness (QED) is 0.377. The summed E-state index contributed by atoms with van der Waals surface area (Å²) in [5.41, 5.74) is 9.64. The van der Waals surface area contributed by atoms with Crippen molar-refractivity contribution in [3.63, 3.8) is 0 Å². The number of aromatic nitrogens is 3. The SMILES string of the molecule is Cn1cnc2c1-c1nc(-c3cccc(C=CC(=O)O)c3)sc1N(CCN)C2Cl. The molecule has 7 nitrogen and oxygen atoms in total. The van der Waals surface area contributed by atoms with Crippen molar-refractivity contribution in [2.24, 2.45) is 12.8 Å². The van der Waals surface area contributed by atoms with E-state index in [1.807, 2.05) is 40.8 Å². The van der Waals surface area contributed by atoms with Crippen LogP contribution in [-0.2, 0) is 11.8 Å². The van der Waals surface area contributed by atoms with Crippen molar-refractivity contribution >= 4 is 40.0 Å². The van der Waals surface area contributed by atoms with Crippen LogP contribution in [0.4, 0.5) is 5.00 Å². The molecule has 3 N–H and O–H groups in total. The molecule has 28 heavy (non-hydrogen) atoms. The molecule has 144 valence electrons. The molecule has 1 aliphatic rings. The molecule has 0 spiro atoms. The number of carboxylic acid groups (broad SMARTS) is 1. The number of rotatable bonds is 5. The molecule has 0 bridgehead atoms. The summed E-state index contributed by atoms with van der Waals surface area (Å²) in [5, 5.41) is 10.6. The summed E-state index contributed by atoms with van der Waals surface area (Å²) in [6.07, 6.45) is 4.43. The number of imidazole rings is 1. The largest absolute Gasteiger partial charge is 0.478 e. The highest BCUT2D eigenvalue weighted by Crippen LogP contribution is 2.49. The van der Waals surface area contributed by atoms with Gasteiger partial charge < -0.3 is 20.3 Å². The highest BCUT2D eigenvalue weighted by molar-refractivity contribution is 7.19. The minimum absolute atomic E-state index is 0.398. The molecule has 0 amide bonds. The maximum Gasteiger partial charge on any atom is 0.328 e. The first-order valence-electron chi connectivity index (χ1n) is 8.64. The molecular formula is C19H18ClN5O2S. The zero-order chi connectivity index (χ0) is 19.8. The Labute approximate surface area is 170 Å². The number of carboxylic acids is 1. The Hall–Kier alpha value is -2.68. The van der Waals surface area contributed by atoms with Gasteiger partial charge in [-0.3, -0.25) is 0 Å². The van der Waals surface area contributed by atoms with E-state index < -0.39 is 11.5 Å². The number of halogens is 1. The first kappa shape index (κ1) is 18.7. The normalized spacial score (nSPS) is 15.7. The molecule has 0 aliphatic carbocycles. The third-order valence-corrected chi connectivity index (χ3v) is 6.06. The van der Waals surface area contributed by atoms with Crippen molar-refractivity contribution < 1.29 is 9.90 Å². The summed E-state index contributed by atoms with van der Waals surface area (Å²) in [6, 6.07) is 7.61. The second-order valence-corrected chi connectivity index (χ2v) is 7.77. The van der Waals surface area contributed by atoms with Crippen LogP contribution in [0.3, 0.4) is 0 Å². The third-order valence-electron chi connectivity index (χ3n) is 4.48. The van der Waals surface area contributed by atoms with E-state index in [2.05, 4.69) is 4.98 Å². The van der Waals surface area contributed by atoms with E-state index in [0.717, 1.165) is 44.3 Å². The molecule has 4 rings (SSSR count). The zero-order valence-corrected chi connectivity index (χ0v) is 16.6. The van der Waals surface area contributed by atoms with Crippen LogP contribution in [0.15, 0.2) is 36.7 Å². The summed E-state index contributed by atoms with van der Waals surface area (Å²) >= 11 is 8.24. The molecule has 3 heterocycles. The predicted molar refractivity (Wildman–Crippen MR) is 111 cm³/mol. The smallest absolute Gasteiger partial charge is 0.328 e. The van der Waals surface area contributed by atoms with Gasteiger partial charge in [0.05, 0.1) is 12.0 Å². The first-order valence-corrected chi connectivity index (χ1v) is 9.89. The second-order valence-electron chi connectivity index (χ2n) is 6.38. The molecule has 0 radical (unpaired) electrons. The summed E-state index contributed by atoms with van der Waals surface area (Å²) in [7, 11) is 1.92. The van der Waals surface area contributed by atoms with E-state index in [4.69, 9.17) is 27.4 Å². The molecule has 1 aromatic carbocycles. The number of benzene rings is 1. The molecule has 9 heteroatoms. The number of thiazole rings is 1. The summed E-state index contributed by atoms with van der Waals surface area (Å²) < 4.78 is 1.93. The molecule has 3 aromatic rings. The Bertz CT molecular complexity index is 1070. The van der Waals surface area contributed by atoms with Crippen molar-refractivity contribution in [2.75, 3.05) is 18.0 Å². The lowest BCUT2D eigenvalue weighted by Gasteiger charge is -2.31. The van der Waals surface area contributed by atoms with E-state index in [9.17, 15) is 4.79 Å². The Morgan fingerprint density at radius 3 is 3.04 bits per heavy atom. The lowest BCUT2D eigenvalue weighted by atomic mass is 10.1. The van der Waals surface area contributed by atoms with Gasteiger partial charge in [0.1, 0.15) is 26.9 Å².